The van der Waals surface area contributed by atoms with Gasteiger partial charge in [0, 0.05) is 43.6 Å². The van der Waals surface area contributed by atoms with E-state index in [1.807, 2.05) is 25.7 Å². The average molecular weight is 338 g/mol. The number of nitrogens with one attached hydrogen (secondary N) is 1. The summed E-state index contributed by atoms with van der Waals surface area (Å²) >= 11 is 0. The summed E-state index contributed by atoms with van der Waals surface area (Å²) in [5.74, 6) is 0.427. The summed E-state index contributed by atoms with van der Waals surface area (Å²) in [6, 6.07) is 0.641. The lowest BCUT2D eigenvalue weighted by Crippen LogP contribution is -2.47. The molecule has 1 unspecified atom stereocenters. The molecule has 2 saturated heterocycles. The molecule has 2 aliphatic rings. The zero-order chi connectivity index (χ0) is 17.7. The van der Waals surface area contributed by atoms with E-state index in [0.717, 1.165) is 32.5 Å². The molecule has 0 radical (unpaired) electrons. The summed E-state index contributed by atoms with van der Waals surface area (Å²) in [6.07, 6.45) is 5.45. The van der Waals surface area contributed by atoms with Crippen LogP contribution in [0.4, 0.5) is 0 Å². The topological polar surface area (TPSA) is 52.7 Å². The molecule has 1 N–H and O–H groups in total. The van der Waals surface area contributed by atoms with Gasteiger partial charge in [0.25, 0.3) is 0 Å². The maximum absolute atomic E-state index is 12.4. The standard InChI is InChI=1S/C19H35N3O2/c1-15-7-5-6-11-21(15)14-10-20-17(23)16-8-12-22(13-9-16)18(24)19(2,3)4/h15-16H,5-14H2,1-4H3,(H,20,23). The smallest absolute Gasteiger partial charge is 0.227 e. The fourth-order valence-electron chi connectivity index (χ4n) is 3.78. The molecule has 0 spiro atoms. The Kier molecular flexibility index (Phi) is 6.67. The molecule has 0 bridgehead atoms. The minimum absolute atomic E-state index is 0.0628. The first-order valence-electron chi connectivity index (χ1n) is 9.60. The zero-order valence-electron chi connectivity index (χ0n) is 15.9. The van der Waals surface area contributed by atoms with E-state index in [1.54, 1.807) is 0 Å². The van der Waals surface area contributed by atoms with Crippen LogP contribution in [0.5, 0.6) is 0 Å². The van der Waals surface area contributed by atoms with Crippen molar-refractivity contribution in [3.63, 3.8) is 0 Å². The minimum atomic E-state index is -0.333. The van der Waals surface area contributed by atoms with Crippen LogP contribution in [0.2, 0.25) is 0 Å². The first-order chi connectivity index (χ1) is 11.3. The highest BCUT2D eigenvalue weighted by molar-refractivity contribution is 5.82. The van der Waals surface area contributed by atoms with Crippen molar-refractivity contribution >= 4 is 11.8 Å². The summed E-state index contributed by atoms with van der Waals surface area (Å²) in [7, 11) is 0. The van der Waals surface area contributed by atoms with Gasteiger partial charge in [-0.25, -0.2) is 0 Å². The average Bonchev–Trinajstić information content (AvgIpc) is 2.55. The summed E-state index contributed by atoms with van der Waals surface area (Å²) in [6.45, 7) is 12.4. The maximum atomic E-state index is 12.4. The van der Waals surface area contributed by atoms with Gasteiger partial charge in [0.05, 0.1) is 0 Å². The predicted molar refractivity (Wildman–Crippen MR) is 96.7 cm³/mol. The van der Waals surface area contributed by atoms with Gasteiger partial charge >= 0.3 is 0 Å². The zero-order valence-corrected chi connectivity index (χ0v) is 15.9. The summed E-state index contributed by atoms with van der Waals surface area (Å²) < 4.78 is 0. The van der Waals surface area contributed by atoms with E-state index >= 15 is 0 Å². The monoisotopic (exact) mass is 337 g/mol. The number of rotatable bonds is 4. The SMILES string of the molecule is CC1CCCCN1CCNC(=O)C1CCN(C(=O)C(C)(C)C)CC1. The first-order valence-corrected chi connectivity index (χ1v) is 9.60. The van der Waals surface area contributed by atoms with Crippen LogP contribution in [0, 0.1) is 11.3 Å². The number of nitrogens with zero attached hydrogens (tertiary/aromatic N) is 2. The molecule has 5 nitrogen and oxygen atoms in total. The van der Waals surface area contributed by atoms with E-state index < -0.39 is 0 Å². The van der Waals surface area contributed by atoms with Crippen molar-refractivity contribution in [1.29, 1.82) is 0 Å². The van der Waals surface area contributed by atoms with Crippen LogP contribution in [0.3, 0.4) is 0 Å². The van der Waals surface area contributed by atoms with E-state index in [-0.39, 0.29) is 23.1 Å². The van der Waals surface area contributed by atoms with Gasteiger partial charge in [-0.15, -0.1) is 0 Å². The van der Waals surface area contributed by atoms with Crippen molar-refractivity contribution in [2.75, 3.05) is 32.7 Å². The van der Waals surface area contributed by atoms with Crippen molar-refractivity contribution in [2.45, 2.75) is 65.8 Å². The van der Waals surface area contributed by atoms with Crippen LogP contribution in [0.25, 0.3) is 0 Å². The molecular formula is C19H35N3O2. The highest BCUT2D eigenvalue weighted by Crippen LogP contribution is 2.23. The number of likely N-dealkylation sites (tertiary alicyclic amines) is 2. The maximum Gasteiger partial charge on any atom is 0.227 e. The van der Waals surface area contributed by atoms with Gasteiger partial charge < -0.3 is 10.2 Å². The molecule has 2 heterocycles. The highest BCUT2D eigenvalue weighted by Gasteiger charge is 2.32. The Morgan fingerprint density at radius 3 is 2.29 bits per heavy atom. The van der Waals surface area contributed by atoms with E-state index in [4.69, 9.17) is 0 Å². The predicted octanol–water partition coefficient (Wildman–Crippen LogP) is 2.26. The van der Waals surface area contributed by atoms with Crippen molar-refractivity contribution in [3.05, 3.63) is 0 Å². The molecule has 0 aliphatic carbocycles. The van der Waals surface area contributed by atoms with Crippen molar-refractivity contribution < 1.29 is 9.59 Å². The second-order valence-corrected chi connectivity index (χ2v) is 8.49. The number of hydrogen-bond acceptors (Lipinski definition) is 3. The number of carbonyl (C=O) groups excluding carboxylic acids is 2. The Morgan fingerprint density at radius 2 is 1.71 bits per heavy atom. The Bertz CT molecular complexity index is 436. The molecule has 2 amide bonds. The van der Waals surface area contributed by atoms with Crippen LogP contribution < -0.4 is 5.32 Å². The quantitative estimate of drug-likeness (QED) is 0.856. The molecule has 0 aromatic heterocycles. The summed E-state index contributed by atoms with van der Waals surface area (Å²) in [4.78, 5) is 29.1. The van der Waals surface area contributed by atoms with E-state index in [2.05, 4.69) is 17.1 Å². The summed E-state index contributed by atoms with van der Waals surface area (Å²) in [5.41, 5.74) is -0.333. The lowest BCUT2D eigenvalue weighted by molar-refractivity contribution is -0.142. The third kappa shape index (κ3) is 5.20. The number of carbonyl (C=O) groups is 2. The molecule has 2 aliphatic heterocycles. The molecule has 1 atom stereocenters. The van der Waals surface area contributed by atoms with Gasteiger partial charge in [0.15, 0.2) is 0 Å². The lowest BCUT2D eigenvalue weighted by atomic mass is 9.90. The Balaban J connectivity index is 1.68. The molecule has 24 heavy (non-hydrogen) atoms. The van der Waals surface area contributed by atoms with E-state index in [0.29, 0.717) is 19.1 Å². The Hall–Kier alpha value is -1.10. The second kappa shape index (κ2) is 8.32. The van der Waals surface area contributed by atoms with Gasteiger partial charge in [-0.05, 0) is 39.2 Å². The fourth-order valence-corrected chi connectivity index (χ4v) is 3.78. The van der Waals surface area contributed by atoms with Crippen LogP contribution >= 0.6 is 0 Å². The van der Waals surface area contributed by atoms with Crippen molar-refractivity contribution in [3.8, 4) is 0 Å². The third-order valence-corrected chi connectivity index (χ3v) is 5.43. The van der Waals surface area contributed by atoms with Crippen molar-refractivity contribution in [2.24, 2.45) is 11.3 Å². The summed E-state index contributed by atoms with van der Waals surface area (Å²) in [5, 5.41) is 3.11. The first kappa shape index (κ1) is 19.2. The molecule has 0 aromatic rings. The molecule has 5 heteroatoms. The van der Waals surface area contributed by atoms with Gasteiger partial charge in [-0.2, -0.15) is 0 Å². The lowest BCUT2D eigenvalue weighted by Gasteiger charge is -2.35. The second-order valence-electron chi connectivity index (χ2n) is 8.49. The van der Waals surface area contributed by atoms with Crippen molar-refractivity contribution in [1.82, 2.24) is 15.1 Å². The molecule has 0 aromatic carbocycles. The van der Waals surface area contributed by atoms with E-state index in [9.17, 15) is 9.59 Å². The molecule has 0 saturated carbocycles. The van der Waals surface area contributed by atoms with E-state index in [1.165, 1.54) is 19.3 Å². The Labute approximate surface area is 147 Å². The number of amides is 2. The van der Waals surface area contributed by atoms with Crippen LogP contribution in [-0.2, 0) is 9.59 Å². The fraction of sp³-hybridized carbons (Fsp3) is 0.895. The number of hydrogen-bond donors (Lipinski definition) is 1. The van der Waals surface area contributed by atoms with Gasteiger partial charge in [0.1, 0.15) is 0 Å². The highest BCUT2D eigenvalue weighted by atomic mass is 16.2. The van der Waals surface area contributed by atoms with Crippen LogP contribution in [-0.4, -0.2) is 60.4 Å². The molecule has 2 fully saturated rings. The number of piperidine rings is 2. The minimum Gasteiger partial charge on any atom is -0.355 e. The van der Waals surface area contributed by atoms with Crippen LogP contribution in [0.1, 0.15) is 59.8 Å². The Morgan fingerprint density at radius 1 is 1.04 bits per heavy atom. The largest absolute Gasteiger partial charge is 0.355 e. The molecule has 138 valence electrons. The third-order valence-electron chi connectivity index (χ3n) is 5.43. The normalized spacial score (nSPS) is 24.0. The van der Waals surface area contributed by atoms with Gasteiger partial charge in [0.2, 0.25) is 11.8 Å². The molecule has 2 rings (SSSR count). The van der Waals surface area contributed by atoms with Gasteiger partial charge in [-0.3, -0.25) is 14.5 Å². The molecular weight excluding hydrogens is 302 g/mol. The van der Waals surface area contributed by atoms with Gasteiger partial charge in [-0.1, -0.05) is 27.2 Å². The van der Waals surface area contributed by atoms with Crippen LogP contribution in [0.15, 0.2) is 0 Å².